The number of fused-ring (bicyclic) bond motifs is 2. The third kappa shape index (κ3) is 5.65. The number of thioether (sulfide) groups is 1. The van der Waals surface area contributed by atoms with Gasteiger partial charge < -0.3 is 28.9 Å². The molecule has 0 amide bonds. The van der Waals surface area contributed by atoms with Gasteiger partial charge in [-0.1, -0.05) is 103 Å². The van der Waals surface area contributed by atoms with Crippen LogP contribution in [0.3, 0.4) is 0 Å². The lowest BCUT2D eigenvalue weighted by molar-refractivity contribution is -0.665. The maximum absolute atomic E-state index is 2.46. The molecule has 0 aliphatic carbocycles. The predicted molar refractivity (Wildman–Crippen MR) is 170 cm³/mol. The van der Waals surface area contributed by atoms with E-state index in [9.17, 15) is 0 Å². The van der Waals surface area contributed by atoms with Crippen LogP contribution in [0.5, 0.6) is 0 Å². The van der Waals surface area contributed by atoms with Crippen molar-refractivity contribution in [1.29, 1.82) is 0 Å². The van der Waals surface area contributed by atoms with Gasteiger partial charge in [-0.25, -0.2) is 0 Å². The third-order valence-corrected chi connectivity index (χ3v) is 9.56. The zero-order valence-electron chi connectivity index (χ0n) is 23.1. The maximum atomic E-state index is 2.46. The molecule has 2 heterocycles. The van der Waals surface area contributed by atoms with E-state index in [-0.39, 0.29) is 24.0 Å². The van der Waals surface area contributed by atoms with Gasteiger partial charge in [0.15, 0.2) is 0 Å². The van der Waals surface area contributed by atoms with Crippen molar-refractivity contribution in [2.45, 2.75) is 38.6 Å². The Kier molecular flexibility index (Phi) is 9.13. The Morgan fingerprint density at radius 2 is 1.43 bits per heavy atom. The zero-order valence-corrected chi connectivity index (χ0v) is 26.9. The predicted octanol–water partition coefficient (Wildman–Crippen LogP) is 6.81. The number of rotatable bonds is 7. The van der Waals surface area contributed by atoms with Crippen LogP contribution in [0.2, 0.25) is 0 Å². The maximum Gasteiger partial charge on any atom is 0.263 e. The first-order chi connectivity index (χ1) is 19.2. The van der Waals surface area contributed by atoms with E-state index in [1.807, 2.05) is 23.1 Å². The molecule has 6 rings (SSSR count). The number of thiazole rings is 1. The van der Waals surface area contributed by atoms with E-state index in [0.717, 1.165) is 19.5 Å². The highest BCUT2D eigenvalue weighted by Crippen LogP contribution is 2.47. The van der Waals surface area contributed by atoms with E-state index in [1.165, 1.54) is 58.7 Å². The average Bonchev–Trinajstić information content (AvgIpc) is 3.53. The van der Waals surface area contributed by atoms with Gasteiger partial charge in [0.05, 0.1) is 10.7 Å². The zero-order chi connectivity index (χ0) is 26.8. The number of nitrogens with zero attached hydrogens (tertiary/aromatic N) is 2. The van der Waals surface area contributed by atoms with Gasteiger partial charge in [0.1, 0.15) is 11.2 Å². The van der Waals surface area contributed by atoms with E-state index < -0.39 is 0 Å². The summed E-state index contributed by atoms with van der Waals surface area (Å²) in [6, 6.07) is 35.1. The second-order valence-electron chi connectivity index (χ2n) is 9.68. The Bertz CT molecular complexity index is 1690. The molecule has 1 aliphatic rings. The molecule has 0 N–H and O–H groups in total. The van der Waals surface area contributed by atoms with Crippen LogP contribution in [-0.4, -0.2) is 6.54 Å². The molecule has 4 aromatic carbocycles. The number of hydrogen-bond donors (Lipinski definition) is 0. The fourth-order valence-electron chi connectivity index (χ4n) is 5.25. The largest absolute Gasteiger partial charge is 1.00 e. The van der Waals surface area contributed by atoms with Crippen LogP contribution < -0.4 is 33.4 Å². The summed E-state index contributed by atoms with van der Waals surface area (Å²) in [4.78, 5) is 3.79. The first-order valence-corrected chi connectivity index (χ1v) is 15.4. The molecular formula is C35H33IN2S2. The molecule has 1 aromatic heterocycles. The topological polar surface area (TPSA) is 7.12 Å². The minimum Gasteiger partial charge on any atom is -1.00 e. The van der Waals surface area contributed by atoms with Crippen LogP contribution in [0.4, 0.5) is 5.69 Å². The number of allylic oxidation sites excluding steroid dienone is 2. The monoisotopic (exact) mass is 672 g/mol. The van der Waals surface area contributed by atoms with Crippen LogP contribution in [0.1, 0.15) is 32.2 Å². The summed E-state index contributed by atoms with van der Waals surface area (Å²) in [7, 11) is 0. The smallest absolute Gasteiger partial charge is 0.263 e. The van der Waals surface area contributed by atoms with E-state index >= 15 is 0 Å². The van der Waals surface area contributed by atoms with E-state index in [1.54, 1.807) is 0 Å². The molecule has 0 saturated carbocycles. The SMILES string of the molecule is CCC(=Cc1sc2ccc(-c3ccccc3)cc2[n+]1CC)C=C1Sc2ccc(-c3ccccc3)cc2N1CC.[I-]. The minimum atomic E-state index is 0. The Balaban J connectivity index is 0.00000323. The van der Waals surface area contributed by atoms with Crippen molar-refractivity contribution >= 4 is 45.1 Å². The van der Waals surface area contributed by atoms with E-state index in [4.69, 9.17) is 0 Å². The van der Waals surface area contributed by atoms with Gasteiger partial charge in [0.25, 0.3) is 5.01 Å². The van der Waals surface area contributed by atoms with Gasteiger partial charge in [-0.3, -0.25) is 0 Å². The summed E-state index contributed by atoms with van der Waals surface area (Å²) in [5.41, 5.74) is 9.03. The highest BCUT2D eigenvalue weighted by atomic mass is 127. The van der Waals surface area contributed by atoms with Gasteiger partial charge in [-0.15, -0.1) is 0 Å². The summed E-state index contributed by atoms with van der Waals surface area (Å²) in [6.07, 6.45) is 5.78. The summed E-state index contributed by atoms with van der Waals surface area (Å²) in [5, 5.41) is 2.61. The first-order valence-electron chi connectivity index (χ1n) is 13.8. The number of aryl methyl sites for hydroxylation is 1. The normalized spacial score (nSPS) is 14.0. The fraction of sp³-hybridized carbons (Fsp3) is 0.171. The second kappa shape index (κ2) is 12.8. The summed E-state index contributed by atoms with van der Waals surface area (Å²) in [6.45, 7) is 8.64. The number of aromatic nitrogens is 1. The molecule has 40 heavy (non-hydrogen) atoms. The lowest BCUT2D eigenvalue weighted by Gasteiger charge is -2.19. The molecule has 5 aromatic rings. The standard InChI is InChI=1S/C35H33N2S2.HI/c1-4-25(21-34-36(5-2)30-23-28(17-19-32(30)38-34)26-13-9-7-10-14-26)22-35-37(6-3)31-24-29(18-20-33(31)39-35)27-15-11-8-12-16-27;/h7-24H,4-6H2,1-3H3;1H/q+1;/p-1. The number of hydrogen-bond acceptors (Lipinski definition) is 3. The number of anilines is 1. The molecule has 0 bridgehead atoms. The molecule has 0 fully saturated rings. The van der Waals surface area contributed by atoms with Crippen LogP contribution >= 0.6 is 23.1 Å². The van der Waals surface area contributed by atoms with Gasteiger partial charge >= 0.3 is 0 Å². The van der Waals surface area contributed by atoms with Gasteiger partial charge in [-0.05, 0) is 72.4 Å². The van der Waals surface area contributed by atoms with Crippen molar-refractivity contribution in [1.82, 2.24) is 0 Å². The molecule has 0 unspecified atom stereocenters. The quantitative estimate of drug-likeness (QED) is 0.139. The van der Waals surface area contributed by atoms with E-state index in [0.29, 0.717) is 0 Å². The van der Waals surface area contributed by atoms with Gasteiger partial charge in [0, 0.05) is 23.6 Å². The summed E-state index contributed by atoms with van der Waals surface area (Å²) >= 11 is 3.77. The Morgan fingerprint density at radius 1 is 0.775 bits per heavy atom. The molecule has 202 valence electrons. The average molecular weight is 673 g/mol. The molecule has 0 radical (unpaired) electrons. The third-order valence-electron chi connectivity index (χ3n) is 7.33. The highest BCUT2D eigenvalue weighted by molar-refractivity contribution is 8.03. The molecule has 1 aliphatic heterocycles. The van der Waals surface area contributed by atoms with Crippen molar-refractivity contribution in [3.8, 4) is 22.3 Å². The van der Waals surface area contributed by atoms with Crippen molar-refractivity contribution in [2.24, 2.45) is 0 Å². The fourth-order valence-corrected chi connectivity index (χ4v) is 7.62. The van der Waals surface area contributed by atoms with Crippen molar-refractivity contribution in [3.63, 3.8) is 0 Å². The first kappa shape index (κ1) is 28.7. The number of halogens is 1. The molecule has 0 saturated heterocycles. The molecule has 0 atom stereocenters. The van der Waals surface area contributed by atoms with Gasteiger partial charge in [-0.2, -0.15) is 4.57 Å². The summed E-state index contributed by atoms with van der Waals surface area (Å²) in [5.74, 6) is 0. The van der Waals surface area contributed by atoms with Crippen LogP contribution in [-0.2, 0) is 6.54 Å². The van der Waals surface area contributed by atoms with Crippen LogP contribution in [0.15, 0.2) is 119 Å². The Labute approximate surface area is 263 Å². The van der Waals surface area contributed by atoms with Crippen molar-refractivity contribution in [3.05, 3.63) is 119 Å². The molecular weight excluding hydrogens is 639 g/mol. The van der Waals surface area contributed by atoms with Crippen LogP contribution in [0.25, 0.3) is 38.5 Å². The lowest BCUT2D eigenvalue weighted by Crippen LogP contribution is -3.00. The highest BCUT2D eigenvalue weighted by Gasteiger charge is 2.25. The second-order valence-corrected chi connectivity index (χ2v) is 11.8. The Hall–Kier alpha value is -2.87. The lowest BCUT2D eigenvalue weighted by atomic mass is 10.0. The molecule has 0 spiro atoms. The van der Waals surface area contributed by atoms with Gasteiger partial charge in [0.2, 0.25) is 5.52 Å². The van der Waals surface area contributed by atoms with Crippen molar-refractivity contribution < 1.29 is 28.5 Å². The van der Waals surface area contributed by atoms with Crippen LogP contribution in [0, 0.1) is 0 Å². The molecule has 5 heteroatoms. The molecule has 2 nitrogen and oxygen atoms in total. The number of benzene rings is 4. The van der Waals surface area contributed by atoms with E-state index in [2.05, 4.69) is 139 Å². The summed E-state index contributed by atoms with van der Waals surface area (Å²) < 4.78 is 3.79. The minimum absolute atomic E-state index is 0. The Morgan fingerprint density at radius 3 is 2.05 bits per heavy atom. The van der Waals surface area contributed by atoms with Crippen molar-refractivity contribution in [2.75, 3.05) is 11.4 Å².